The van der Waals surface area contributed by atoms with Crippen LogP contribution >= 0.6 is 0 Å². The third kappa shape index (κ3) is 2.26. The van der Waals surface area contributed by atoms with E-state index in [0.29, 0.717) is 6.04 Å². The van der Waals surface area contributed by atoms with Crippen LogP contribution in [-0.4, -0.2) is 19.3 Å². The van der Waals surface area contributed by atoms with Crippen LogP contribution in [0.5, 0.6) is 0 Å². The summed E-state index contributed by atoms with van der Waals surface area (Å²) in [5, 5.41) is 3.52. The topological polar surface area (TPSA) is 21.3 Å². The van der Waals surface area contributed by atoms with Crippen molar-refractivity contribution >= 4 is 5.69 Å². The lowest BCUT2D eigenvalue weighted by atomic mass is 10.1. The van der Waals surface area contributed by atoms with Crippen molar-refractivity contribution in [3.63, 3.8) is 0 Å². The molecule has 0 aliphatic carbocycles. The fourth-order valence-corrected chi connectivity index (χ4v) is 1.81. The van der Waals surface area contributed by atoms with Gasteiger partial charge in [-0.1, -0.05) is 18.2 Å². The molecule has 0 amide bonds. The number of nitrogens with one attached hydrogen (secondary N) is 1. The molecular weight excluding hydrogens is 174 g/mol. The monoisotopic (exact) mass is 191 g/mol. The summed E-state index contributed by atoms with van der Waals surface area (Å²) in [5.41, 5.74) is 2.54. The zero-order valence-corrected chi connectivity index (χ0v) is 8.62. The third-order valence-electron chi connectivity index (χ3n) is 2.66. The molecule has 0 saturated carbocycles. The number of hydrogen-bond donors (Lipinski definition) is 1. The first-order valence-corrected chi connectivity index (χ1v) is 5.26. The van der Waals surface area contributed by atoms with Crippen molar-refractivity contribution in [2.75, 3.05) is 18.5 Å². The predicted molar refractivity (Wildman–Crippen MR) is 58.6 cm³/mol. The minimum absolute atomic E-state index is 0.491. The molecule has 1 saturated heterocycles. The van der Waals surface area contributed by atoms with Crippen molar-refractivity contribution in [3.05, 3.63) is 29.8 Å². The minimum atomic E-state index is 0.491. The molecule has 14 heavy (non-hydrogen) atoms. The highest BCUT2D eigenvalue weighted by molar-refractivity contribution is 5.50. The average molecular weight is 191 g/mol. The van der Waals surface area contributed by atoms with E-state index >= 15 is 0 Å². The van der Waals surface area contributed by atoms with Crippen LogP contribution in [-0.2, 0) is 4.74 Å². The second-order valence-corrected chi connectivity index (χ2v) is 3.87. The normalized spacial score (nSPS) is 21.9. The first-order valence-electron chi connectivity index (χ1n) is 5.26. The van der Waals surface area contributed by atoms with E-state index in [0.717, 1.165) is 13.2 Å². The van der Waals surface area contributed by atoms with E-state index in [1.165, 1.54) is 24.1 Å². The Balaban J connectivity index is 1.99. The van der Waals surface area contributed by atoms with Crippen LogP contribution in [0.3, 0.4) is 0 Å². The third-order valence-corrected chi connectivity index (χ3v) is 2.66. The zero-order valence-electron chi connectivity index (χ0n) is 8.62. The highest BCUT2D eigenvalue weighted by Crippen LogP contribution is 2.17. The van der Waals surface area contributed by atoms with Gasteiger partial charge in [0.2, 0.25) is 0 Å². The van der Waals surface area contributed by atoms with Crippen LogP contribution in [0.25, 0.3) is 0 Å². The number of anilines is 1. The van der Waals surface area contributed by atoms with Gasteiger partial charge in [-0.2, -0.15) is 0 Å². The summed E-state index contributed by atoms with van der Waals surface area (Å²) in [7, 11) is 0. The highest BCUT2D eigenvalue weighted by atomic mass is 16.5. The van der Waals surface area contributed by atoms with Crippen LogP contribution in [0.2, 0.25) is 0 Å². The number of benzene rings is 1. The molecule has 1 aliphatic rings. The standard InChI is InChI=1S/C12H17NO/c1-10-5-2-3-7-12(10)13-11-6-4-8-14-9-11/h2-3,5,7,11,13H,4,6,8-9H2,1H3. The van der Waals surface area contributed by atoms with Crippen molar-refractivity contribution in [3.8, 4) is 0 Å². The Hall–Kier alpha value is -1.02. The Kier molecular flexibility index (Phi) is 3.04. The molecule has 1 atom stereocenters. The van der Waals surface area contributed by atoms with Crippen molar-refractivity contribution in [1.82, 2.24) is 0 Å². The molecule has 0 aromatic heterocycles. The maximum Gasteiger partial charge on any atom is 0.0667 e. The molecule has 1 N–H and O–H groups in total. The fourth-order valence-electron chi connectivity index (χ4n) is 1.81. The van der Waals surface area contributed by atoms with Gasteiger partial charge in [-0.25, -0.2) is 0 Å². The Morgan fingerprint density at radius 2 is 2.21 bits per heavy atom. The Bertz CT molecular complexity index is 292. The van der Waals surface area contributed by atoms with Crippen LogP contribution in [0.1, 0.15) is 18.4 Å². The molecule has 2 rings (SSSR count). The van der Waals surface area contributed by atoms with E-state index in [9.17, 15) is 0 Å². The van der Waals surface area contributed by atoms with E-state index < -0.39 is 0 Å². The fraction of sp³-hybridized carbons (Fsp3) is 0.500. The smallest absolute Gasteiger partial charge is 0.0667 e. The Labute approximate surface area is 85.3 Å². The van der Waals surface area contributed by atoms with Gasteiger partial charge >= 0.3 is 0 Å². The van der Waals surface area contributed by atoms with Gasteiger partial charge in [-0.05, 0) is 31.4 Å². The number of ether oxygens (including phenoxy) is 1. The highest BCUT2D eigenvalue weighted by Gasteiger charge is 2.13. The quantitative estimate of drug-likeness (QED) is 0.775. The molecule has 1 unspecified atom stereocenters. The molecule has 1 heterocycles. The largest absolute Gasteiger partial charge is 0.380 e. The predicted octanol–water partition coefficient (Wildman–Crippen LogP) is 2.59. The van der Waals surface area contributed by atoms with E-state index in [2.05, 4.69) is 36.5 Å². The molecule has 1 fully saturated rings. The lowest BCUT2D eigenvalue weighted by Crippen LogP contribution is -2.30. The van der Waals surface area contributed by atoms with Gasteiger partial charge in [0.25, 0.3) is 0 Å². The summed E-state index contributed by atoms with van der Waals surface area (Å²) in [5.74, 6) is 0. The molecule has 2 nitrogen and oxygen atoms in total. The van der Waals surface area contributed by atoms with Crippen molar-refractivity contribution < 1.29 is 4.74 Å². The molecule has 0 radical (unpaired) electrons. The second kappa shape index (κ2) is 4.47. The molecule has 1 aliphatic heterocycles. The van der Waals surface area contributed by atoms with Gasteiger partial charge < -0.3 is 10.1 Å². The number of rotatable bonds is 2. The number of aryl methyl sites for hydroxylation is 1. The Morgan fingerprint density at radius 1 is 1.36 bits per heavy atom. The van der Waals surface area contributed by atoms with Crippen LogP contribution in [0.15, 0.2) is 24.3 Å². The van der Waals surface area contributed by atoms with Gasteiger partial charge in [0, 0.05) is 18.3 Å². The number of para-hydroxylation sites is 1. The van der Waals surface area contributed by atoms with Gasteiger partial charge in [0.15, 0.2) is 0 Å². The first kappa shape index (κ1) is 9.53. The van der Waals surface area contributed by atoms with Crippen molar-refractivity contribution in [2.24, 2.45) is 0 Å². The summed E-state index contributed by atoms with van der Waals surface area (Å²) in [6.45, 7) is 3.90. The van der Waals surface area contributed by atoms with Gasteiger partial charge in [-0.3, -0.25) is 0 Å². The molecule has 1 aromatic rings. The van der Waals surface area contributed by atoms with Crippen LogP contribution < -0.4 is 5.32 Å². The van der Waals surface area contributed by atoms with Gasteiger partial charge in [-0.15, -0.1) is 0 Å². The lowest BCUT2D eigenvalue weighted by Gasteiger charge is -2.24. The summed E-state index contributed by atoms with van der Waals surface area (Å²) in [4.78, 5) is 0. The number of hydrogen-bond acceptors (Lipinski definition) is 2. The molecular formula is C12H17NO. The van der Waals surface area contributed by atoms with E-state index in [1.54, 1.807) is 0 Å². The summed E-state index contributed by atoms with van der Waals surface area (Å²) >= 11 is 0. The first-order chi connectivity index (χ1) is 6.86. The summed E-state index contributed by atoms with van der Waals surface area (Å²) in [6.07, 6.45) is 2.39. The lowest BCUT2D eigenvalue weighted by molar-refractivity contribution is 0.0876. The average Bonchev–Trinajstić information content (AvgIpc) is 2.23. The van der Waals surface area contributed by atoms with Crippen molar-refractivity contribution in [1.29, 1.82) is 0 Å². The Morgan fingerprint density at radius 3 is 2.93 bits per heavy atom. The minimum Gasteiger partial charge on any atom is -0.380 e. The maximum atomic E-state index is 5.43. The van der Waals surface area contributed by atoms with Crippen LogP contribution in [0.4, 0.5) is 5.69 Å². The van der Waals surface area contributed by atoms with E-state index in [-0.39, 0.29) is 0 Å². The summed E-state index contributed by atoms with van der Waals surface area (Å²) in [6, 6.07) is 8.89. The maximum absolute atomic E-state index is 5.43. The summed E-state index contributed by atoms with van der Waals surface area (Å²) < 4.78 is 5.43. The molecule has 0 bridgehead atoms. The zero-order chi connectivity index (χ0) is 9.80. The molecule has 0 spiro atoms. The van der Waals surface area contributed by atoms with Gasteiger partial charge in [0.05, 0.1) is 6.61 Å². The van der Waals surface area contributed by atoms with Gasteiger partial charge in [0.1, 0.15) is 0 Å². The van der Waals surface area contributed by atoms with E-state index in [4.69, 9.17) is 4.74 Å². The molecule has 76 valence electrons. The second-order valence-electron chi connectivity index (χ2n) is 3.87. The van der Waals surface area contributed by atoms with Crippen LogP contribution in [0, 0.1) is 6.92 Å². The molecule has 1 aromatic carbocycles. The van der Waals surface area contributed by atoms with Crippen molar-refractivity contribution in [2.45, 2.75) is 25.8 Å². The van der Waals surface area contributed by atoms with E-state index in [1.807, 2.05) is 0 Å². The SMILES string of the molecule is Cc1ccccc1NC1CCCOC1. The molecule has 2 heteroatoms.